The number of carbonyl (C=O) groups excluding carboxylic acids is 1. The Labute approximate surface area is 130 Å². The molecule has 6 heteroatoms. The van der Waals surface area contributed by atoms with Crippen molar-refractivity contribution in [1.82, 2.24) is 5.32 Å². The first-order chi connectivity index (χ1) is 8.77. The molecule has 1 atom stereocenters. The Morgan fingerprint density at radius 1 is 1.50 bits per heavy atom. The summed E-state index contributed by atoms with van der Waals surface area (Å²) in [6.07, 6.45) is 0.755. The minimum absolute atomic E-state index is 0. The van der Waals surface area contributed by atoms with E-state index >= 15 is 0 Å². The lowest BCUT2D eigenvalue weighted by Crippen LogP contribution is -2.52. The van der Waals surface area contributed by atoms with Crippen molar-refractivity contribution in [2.75, 3.05) is 6.54 Å². The van der Waals surface area contributed by atoms with Crippen molar-refractivity contribution in [3.8, 4) is 0 Å². The predicted octanol–water partition coefficient (Wildman–Crippen LogP) is 3.39. The predicted molar refractivity (Wildman–Crippen MR) is 83.0 cm³/mol. The number of halogens is 3. The average Bonchev–Trinajstić information content (AvgIpc) is 2.31. The molecule has 0 spiro atoms. The molecule has 20 heavy (non-hydrogen) atoms. The van der Waals surface area contributed by atoms with Crippen LogP contribution in [0.5, 0.6) is 0 Å². The smallest absolute Gasteiger partial charge is 0.251 e. The molecular weight excluding hydrogens is 302 g/mol. The van der Waals surface area contributed by atoms with Gasteiger partial charge in [-0.1, -0.05) is 25.4 Å². The monoisotopic (exact) mass is 322 g/mol. The summed E-state index contributed by atoms with van der Waals surface area (Å²) in [7, 11) is 0. The molecule has 114 valence electrons. The Kier molecular flexibility index (Phi) is 7.49. The normalized spacial score (nSPS) is 13.6. The highest BCUT2D eigenvalue weighted by molar-refractivity contribution is 6.30. The van der Waals surface area contributed by atoms with Gasteiger partial charge in [0.15, 0.2) is 0 Å². The van der Waals surface area contributed by atoms with Gasteiger partial charge in [0, 0.05) is 17.6 Å². The van der Waals surface area contributed by atoms with Crippen LogP contribution in [-0.2, 0) is 0 Å². The highest BCUT2D eigenvalue weighted by Crippen LogP contribution is 2.18. The van der Waals surface area contributed by atoms with Crippen LogP contribution in [0.3, 0.4) is 0 Å². The van der Waals surface area contributed by atoms with Gasteiger partial charge < -0.3 is 11.1 Å². The Morgan fingerprint density at radius 3 is 2.55 bits per heavy atom. The lowest BCUT2D eigenvalue weighted by molar-refractivity contribution is 0.0898. The van der Waals surface area contributed by atoms with Crippen molar-refractivity contribution in [1.29, 1.82) is 0 Å². The molecule has 3 N–H and O–H groups in total. The summed E-state index contributed by atoms with van der Waals surface area (Å²) in [5.41, 5.74) is 5.47. The van der Waals surface area contributed by atoms with E-state index in [2.05, 4.69) is 19.2 Å². The van der Waals surface area contributed by atoms with Gasteiger partial charge in [0.25, 0.3) is 5.91 Å². The molecule has 0 aromatic heterocycles. The van der Waals surface area contributed by atoms with Crippen LogP contribution >= 0.6 is 24.0 Å². The van der Waals surface area contributed by atoms with Crippen molar-refractivity contribution in [2.24, 2.45) is 11.7 Å². The second kappa shape index (κ2) is 7.81. The van der Waals surface area contributed by atoms with Crippen LogP contribution in [0.25, 0.3) is 0 Å². The van der Waals surface area contributed by atoms with E-state index in [9.17, 15) is 9.18 Å². The molecule has 0 heterocycles. The maximum atomic E-state index is 13.3. The second-order valence-corrected chi connectivity index (χ2v) is 5.85. The van der Waals surface area contributed by atoms with E-state index < -0.39 is 11.4 Å². The van der Waals surface area contributed by atoms with Crippen molar-refractivity contribution in [3.63, 3.8) is 0 Å². The maximum Gasteiger partial charge on any atom is 0.251 e. The third-order valence-corrected chi connectivity index (χ3v) is 3.21. The van der Waals surface area contributed by atoms with Crippen LogP contribution < -0.4 is 11.1 Å². The average molecular weight is 323 g/mol. The SMILES string of the molecule is CC(C)CC(C)(CN)NC(=O)c1ccc(Cl)c(F)c1.Cl. The molecule has 1 aromatic rings. The van der Waals surface area contributed by atoms with Crippen LogP contribution in [0.4, 0.5) is 4.39 Å². The number of nitrogens with one attached hydrogen (secondary N) is 1. The quantitative estimate of drug-likeness (QED) is 0.873. The fraction of sp³-hybridized carbons (Fsp3) is 0.500. The summed E-state index contributed by atoms with van der Waals surface area (Å²) in [5, 5.41) is 2.86. The molecule has 1 aromatic carbocycles. The first kappa shape index (κ1) is 19.2. The Bertz CT molecular complexity index is 468. The van der Waals surface area contributed by atoms with Crippen LogP contribution in [-0.4, -0.2) is 18.0 Å². The Balaban J connectivity index is 0.00000361. The standard InChI is InChI=1S/C14H20ClFN2O.ClH/c1-9(2)7-14(3,8-17)18-13(19)10-4-5-11(15)12(16)6-10;/h4-6,9H,7-8,17H2,1-3H3,(H,18,19);1H. The lowest BCUT2D eigenvalue weighted by Gasteiger charge is -2.31. The molecule has 0 aliphatic heterocycles. The molecule has 1 amide bonds. The van der Waals surface area contributed by atoms with E-state index in [4.69, 9.17) is 17.3 Å². The summed E-state index contributed by atoms with van der Waals surface area (Å²) in [6.45, 7) is 6.33. The molecule has 0 aliphatic rings. The number of nitrogens with two attached hydrogens (primary N) is 1. The molecular formula is C14H21Cl2FN2O. The highest BCUT2D eigenvalue weighted by atomic mass is 35.5. The zero-order chi connectivity index (χ0) is 14.6. The minimum atomic E-state index is -0.604. The molecule has 0 aliphatic carbocycles. The third-order valence-electron chi connectivity index (χ3n) is 2.91. The zero-order valence-corrected chi connectivity index (χ0v) is 13.4. The molecule has 1 unspecified atom stereocenters. The van der Waals surface area contributed by atoms with Gasteiger partial charge in [0.1, 0.15) is 5.82 Å². The summed E-state index contributed by atoms with van der Waals surface area (Å²) in [5.74, 6) is -0.549. The summed E-state index contributed by atoms with van der Waals surface area (Å²) in [6, 6.07) is 3.99. The van der Waals surface area contributed by atoms with Gasteiger partial charge >= 0.3 is 0 Å². The molecule has 3 nitrogen and oxygen atoms in total. The van der Waals surface area contributed by atoms with Gasteiger partial charge in [0.05, 0.1) is 5.02 Å². The van der Waals surface area contributed by atoms with E-state index in [1.807, 2.05) is 6.92 Å². The van der Waals surface area contributed by atoms with E-state index in [-0.39, 0.29) is 28.9 Å². The van der Waals surface area contributed by atoms with E-state index in [0.29, 0.717) is 12.5 Å². The van der Waals surface area contributed by atoms with Gasteiger partial charge in [-0.15, -0.1) is 12.4 Å². The largest absolute Gasteiger partial charge is 0.346 e. The number of carbonyl (C=O) groups is 1. The molecule has 0 radical (unpaired) electrons. The van der Waals surface area contributed by atoms with E-state index in [0.717, 1.165) is 12.5 Å². The summed E-state index contributed by atoms with van der Waals surface area (Å²) < 4.78 is 13.3. The fourth-order valence-electron chi connectivity index (χ4n) is 2.07. The fourth-order valence-corrected chi connectivity index (χ4v) is 2.19. The number of amides is 1. The number of rotatable bonds is 5. The van der Waals surface area contributed by atoms with Gasteiger partial charge in [-0.25, -0.2) is 4.39 Å². The van der Waals surface area contributed by atoms with Gasteiger partial charge in [0.2, 0.25) is 0 Å². The number of hydrogen-bond donors (Lipinski definition) is 2. The lowest BCUT2D eigenvalue weighted by atomic mass is 9.90. The van der Waals surface area contributed by atoms with E-state index in [1.165, 1.54) is 12.1 Å². The molecule has 1 rings (SSSR count). The van der Waals surface area contributed by atoms with Crippen LogP contribution in [0.2, 0.25) is 5.02 Å². The Hall–Kier alpha value is -0.840. The first-order valence-corrected chi connectivity index (χ1v) is 6.63. The van der Waals surface area contributed by atoms with Crippen molar-refractivity contribution in [3.05, 3.63) is 34.6 Å². The van der Waals surface area contributed by atoms with Crippen molar-refractivity contribution in [2.45, 2.75) is 32.7 Å². The number of hydrogen-bond acceptors (Lipinski definition) is 2. The van der Waals surface area contributed by atoms with E-state index in [1.54, 1.807) is 0 Å². The highest BCUT2D eigenvalue weighted by Gasteiger charge is 2.26. The molecule has 0 saturated carbocycles. The molecule has 0 bridgehead atoms. The first-order valence-electron chi connectivity index (χ1n) is 6.25. The third kappa shape index (κ3) is 5.27. The van der Waals surface area contributed by atoms with Crippen LogP contribution in [0.1, 0.15) is 37.6 Å². The van der Waals surface area contributed by atoms with Crippen molar-refractivity contribution >= 4 is 29.9 Å². The molecule has 0 fully saturated rings. The summed E-state index contributed by atoms with van der Waals surface area (Å²) in [4.78, 5) is 12.1. The van der Waals surface area contributed by atoms with Gasteiger partial charge in [-0.3, -0.25) is 4.79 Å². The zero-order valence-electron chi connectivity index (χ0n) is 11.9. The van der Waals surface area contributed by atoms with Crippen LogP contribution in [0, 0.1) is 11.7 Å². The molecule has 0 saturated heterocycles. The minimum Gasteiger partial charge on any atom is -0.346 e. The Morgan fingerprint density at radius 2 is 2.10 bits per heavy atom. The van der Waals surface area contributed by atoms with Crippen molar-refractivity contribution < 1.29 is 9.18 Å². The number of benzene rings is 1. The van der Waals surface area contributed by atoms with Gasteiger partial charge in [-0.05, 0) is 37.5 Å². The second-order valence-electron chi connectivity index (χ2n) is 5.45. The van der Waals surface area contributed by atoms with Gasteiger partial charge in [-0.2, -0.15) is 0 Å². The summed E-state index contributed by atoms with van der Waals surface area (Å²) >= 11 is 5.59. The topological polar surface area (TPSA) is 55.1 Å². The maximum absolute atomic E-state index is 13.3. The van der Waals surface area contributed by atoms with Crippen LogP contribution in [0.15, 0.2) is 18.2 Å².